The molecule has 2 aromatic heterocycles. The number of nitrogen functional groups attached to an aromatic ring is 1. The predicted octanol–water partition coefficient (Wildman–Crippen LogP) is 3.28. The van der Waals surface area contributed by atoms with Crippen LogP contribution >= 0.6 is 0 Å². The second kappa shape index (κ2) is 9.65. The topological polar surface area (TPSA) is 112 Å². The number of anilines is 4. The van der Waals surface area contributed by atoms with E-state index >= 15 is 0 Å². The SMILES string of the molecule is Nc1cc(CCNc2nc(NCCO)nc3cnc(N4CCCC4)cc23)cc(C(F)(F)F)c1. The lowest BCUT2D eigenvalue weighted by atomic mass is 10.1. The molecule has 0 aliphatic carbocycles. The normalized spacial score (nSPS) is 14.1. The van der Waals surface area contributed by atoms with Gasteiger partial charge in [-0.05, 0) is 49.1 Å². The molecule has 1 aliphatic heterocycles. The first kappa shape index (κ1) is 22.8. The molecule has 1 saturated heterocycles. The molecule has 1 fully saturated rings. The van der Waals surface area contributed by atoms with Crippen molar-refractivity contribution in [3.05, 3.63) is 41.6 Å². The van der Waals surface area contributed by atoms with Gasteiger partial charge >= 0.3 is 6.18 Å². The van der Waals surface area contributed by atoms with Gasteiger partial charge in [0, 0.05) is 37.3 Å². The van der Waals surface area contributed by atoms with E-state index in [1.807, 2.05) is 6.07 Å². The quantitative estimate of drug-likeness (QED) is 0.378. The van der Waals surface area contributed by atoms with Gasteiger partial charge in [-0.25, -0.2) is 9.97 Å². The van der Waals surface area contributed by atoms with Gasteiger partial charge in [-0.1, -0.05) is 0 Å². The molecule has 8 nitrogen and oxygen atoms in total. The molecule has 4 rings (SSSR count). The van der Waals surface area contributed by atoms with Crippen molar-refractivity contribution in [2.24, 2.45) is 0 Å². The Hall–Kier alpha value is -3.34. The standard InChI is InChI=1S/C22H26F3N7O/c23-22(24,25)15-9-14(10-16(26)11-15)3-4-27-20-17-12-19(32-6-1-2-7-32)29-13-18(17)30-21(31-20)28-5-8-33/h9-13,33H,1-8,26H2,(H2,27,28,30,31). The maximum Gasteiger partial charge on any atom is 0.416 e. The van der Waals surface area contributed by atoms with Crippen LogP contribution in [-0.2, 0) is 12.6 Å². The van der Waals surface area contributed by atoms with E-state index in [0.29, 0.717) is 35.8 Å². The monoisotopic (exact) mass is 461 g/mol. The number of halogens is 3. The Morgan fingerprint density at radius 3 is 2.55 bits per heavy atom. The van der Waals surface area contributed by atoms with Crippen LogP contribution in [0.5, 0.6) is 0 Å². The van der Waals surface area contributed by atoms with Crippen molar-refractivity contribution in [2.75, 3.05) is 54.1 Å². The Morgan fingerprint density at radius 1 is 1.03 bits per heavy atom. The number of rotatable bonds is 8. The number of pyridine rings is 1. The fourth-order valence-electron chi connectivity index (χ4n) is 3.87. The highest BCUT2D eigenvalue weighted by molar-refractivity contribution is 5.91. The van der Waals surface area contributed by atoms with Crippen molar-refractivity contribution in [1.82, 2.24) is 15.0 Å². The Morgan fingerprint density at radius 2 is 1.82 bits per heavy atom. The predicted molar refractivity (Wildman–Crippen MR) is 122 cm³/mol. The number of benzene rings is 1. The maximum absolute atomic E-state index is 13.1. The second-order valence-electron chi connectivity index (χ2n) is 7.94. The summed E-state index contributed by atoms with van der Waals surface area (Å²) in [6, 6.07) is 5.51. The molecular formula is C22H26F3N7O. The summed E-state index contributed by atoms with van der Waals surface area (Å²) in [4.78, 5) is 15.7. The van der Waals surface area contributed by atoms with Crippen LogP contribution in [-0.4, -0.2) is 52.8 Å². The third kappa shape index (κ3) is 5.54. The highest BCUT2D eigenvalue weighted by atomic mass is 19.4. The first-order valence-corrected chi connectivity index (χ1v) is 10.8. The zero-order chi connectivity index (χ0) is 23.4. The van der Waals surface area contributed by atoms with Gasteiger partial charge in [0.05, 0.1) is 23.9 Å². The Bertz CT molecular complexity index is 1120. The largest absolute Gasteiger partial charge is 0.416 e. The molecular weight excluding hydrogens is 435 g/mol. The molecule has 1 aliphatic rings. The van der Waals surface area contributed by atoms with Gasteiger partial charge in [-0.3, -0.25) is 0 Å². The Labute approximate surface area is 189 Å². The molecule has 0 spiro atoms. The van der Waals surface area contributed by atoms with Crippen molar-refractivity contribution in [3.8, 4) is 0 Å². The molecule has 33 heavy (non-hydrogen) atoms. The van der Waals surface area contributed by atoms with Crippen molar-refractivity contribution in [3.63, 3.8) is 0 Å². The Balaban J connectivity index is 1.58. The molecule has 1 aromatic carbocycles. The molecule has 176 valence electrons. The third-order valence-electron chi connectivity index (χ3n) is 5.44. The minimum atomic E-state index is -4.45. The van der Waals surface area contributed by atoms with Crippen LogP contribution in [0, 0.1) is 0 Å². The summed E-state index contributed by atoms with van der Waals surface area (Å²) in [5.74, 6) is 1.72. The number of aromatic nitrogens is 3. The molecule has 0 saturated carbocycles. The average molecular weight is 461 g/mol. The number of aliphatic hydroxyl groups is 1. The fourth-order valence-corrected chi connectivity index (χ4v) is 3.87. The lowest BCUT2D eigenvalue weighted by Gasteiger charge is -2.18. The molecule has 11 heteroatoms. The highest BCUT2D eigenvalue weighted by Gasteiger charge is 2.31. The molecule has 3 aromatic rings. The molecule has 0 bridgehead atoms. The van der Waals surface area contributed by atoms with Crippen molar-refractivity contribution >= 4 is 34.2 Å². The molecule has 0 radical (unpaired) electrons. The summed E-state index contributed by atoms with van der Waals surface area (Å²) in [5.41, 5.74) is 6.09. The van der Waals surface area contributed by atoms with Crippen LogP contribution < -0.4 is 21.3 Å². The third-order valence-corrected chi connectivity index (χ3v) is 5.44. The molecule has 0 atom stereocenters. The van der Waals surface area contributed by atoms with E-state index in [9.17, 15) is 13.2 Å². The molecule has 3 heterocycles. The number of hydrogen-bond donors (Lipinski definition) is 4. The maximum atomic E-state index is 13.1. The number of aliphatic hydroxyl groups excluding tert-OH is 1. The zero-order valence-corrected chi connectivity index (χ0v) is 18.0. The summed E-state index contributed by atoms with van der Waals surface area (Å²) >= 11 is 0. The van der Waals surface area contributed by atoms with E-state index in [1.54, 1.807) is 12.3 Å². The van der Waals surface area contributed by atoms with Gasteiger partial charge in [0.15, 0.2) is 0 Å². The molecule has 5 N–H and O–H groups in total. The van der Waals surface area contributed by atoms with Crippen LogP contribution in [0.4, 0.5) is 36.4 Å². The van der Waals surface area contributed by atoms with Crippen molar-refractivity contribution < 1.29 is 18.3 Å². The van der Waals surface area contributed by atoms with E-state index in [1.165, 1.54) is 0 Å². The first-order valence-electron chi connectivity index (χ1n) is 10.8. The number of alkyl halides is 3. The van der Waals surface area contributed by atoms with E-state index < -0.39 is 11.7 Å². The number of nitrogens with two attached hydrogens (primary N) is 1. The number of hydrogen-bond acceptors (Lipinski definition) is 8. The van der Waals surface area contributed by atoms with Crippen LogP contribution in [0.15, 0.2) is 30.5 Å². The fraction of sp³-hybridized carbons (Fsp3) is 0.409. The summed E-state index contributed by atoms with van der Waals surface area (Å²) in [7, 11) is 0. The average Bonchev–Trinajstić information content (AvgIpc) is 3.31. The second-order valence-corrected chi connectivity index (χ2v) is 7.94. The van der Waals surface area contributed by atoms with Gasteiger partial charge < -0.3 is 26.4 Å². The number of fused-ring (bicyclic) bond motifs is 1. The van der Waals surface area contributed by atoms with Crippen LogP contribution in [0.1, 0.15) is 24.0 Å². The van der Waals surface area contributed by atoms with E-state index in [2.05, 4.69) is 30.5 Å². The highest BCUT2D eigenvalue weighted by Crippen LogP contribution is 2.32. The summed E-state index contributed by atoms with van der Waals surface area (Å²) in [6.45, 7) is 2.43. The lowest BCUT2D eigenvalue weighted by Crippen LogP contribution is -2.19. The summed E-state index contributed by atoms with van der Waals surface area (Å²) < 4.78 is 39.3. The Kier molecular flexibility index (Phi) is 6.68. The van der Waals surface area contributed by atoms with Crippen LogP contribution in [0.2, 0.25) is 0 Å². The van der Waals surface area contributed by atoms with Gasteiger partial charge in [0.2, 0.25) is 5.95 Å². The summed E-state index contributed by atoms with van der Waals surface area (Å²) in [5, 5.41) is 16.0. The van der Waals surface area contributed by atoms with Gasteiger partial charge in [0.25, 0.3) is 0 Å². The van der Waals surface area contributed by atoms with Crippen LogP contribution in [0.25, 0.3) is 10.9 Å². The minimum absolute atomic E-state index is 0.0733. The van der Waals surface area contributed by atoms with Crippen LogP contribution in [0.3, 0.4) is 0 Å². The van der Waals surface area contributed by atoms with Crippen molar-refractivity contribution in [2.45, 2.75) is 25.4 Å². The summed E-state index contributed by atoms with van der Waals surface area (Å²) in [6.07, 6.45) is -0.208. The zero-order valence-electron chi connectivity index (χ0n) is 18.0. The number of nitrogens with one attached hydrogen (secondary N) is 2. The van der Waals surface area contributed by atoms with E-state index in [-0.39, 0.29) is 18.8 Å². The molecule has 0 unspecified atom stereocenters. The van der Waals surface area contributed by atoms with Gasteiger partial charge in [-0.15, -0.1) is 0 Å². The van der Waals surface area contributed by atoms with Gasteiger partial charge in [0.1, 0.15) is 11.6 Å². The number of nitrogens with zero attached hydrogens (tertiary/aromatic N) is 4. The van der Waals surface area contributed by atoms with E-state index in [0.717, 1.165) is 49.3 Å². The first-order chi connectivity index (χ1) is 15.8. The lowest BCUT2D eigenvalue weighted by molar-refractivity contribution is -0.137. The van der Waals surface area contributed by atoms with Crippen molar-refractivity contribution in [1.29, 1.82) is 0 Å². The van der Waals surface area contributed by atoms with Gasteiger partial charge in [-0.2, -0.15) is 18.2 Å². The van der Waals surface area contributed by atoms with E-state index in [4.69, 9.17) is 10.8 Å². The molecule has 0 amide bonds. The smallest absolute Gasteiger partial charge is 0.399 e. The minimum Gasteiger partial charge on any atom is -0.399 e.